The van der Waals surface area contributed by atoms with Crippen molar-refractivity contribution in [3.63, 3.8) is 0 Å². The molecule has 1 saturated heterocycles. The van der Waals surface area contributed by atoms with Gasteiger partial charge in [-0.1, -0.05) is 90.4 Å². The molecule has 0 aromatic rings. The molecule has 0 radical (unpaired) electrons. The van der Waals surface area contributed by atoms with Gasteiger partial charge in [-0.25, -0.2) is 14.9 Å². The van der Waals surface area contributed by atoms with Crippen molar-refractivity contribution < 1.29 is 23.8 Å². The molecule has 1 aliphatic heterocycles. The normalized spacial score (nSPS) is 18.2. The Morgan fingerprint density at radius 3 is 1.90 bits per heavy atom. The molecule has 31 heavy (non-hydrogen) atoms. The van der Waals surface area contributed by atoms with E-state index in [1.165, 1.54) is 83.5 Å². The van der Waals surface area contributed by atoms with Gasteiger partial charge in [0, 0.05) is 13.2 Å². The lowest BCUT2D eigenvalue weighted by atomic mass is 10.0. The number of nitrogens with one attached hydrogen (secondary N) is 1. The number of hydrogen-bond donors (Lipinski definition) is 2. The van der Waals surface area contributed by atoms with Gasteiger partial charge < -0.3 is 19.9 Å². The molecule has 1 atom stereocenters. The molecule has 0 aliphatic carbocycles. The number of hydrogen-bond acceptors (Lipinski definition) is 5. The van der Waals surface area contributed by atoms with Crippen molar-refractivity contribution in [3.05, 3.63) is 0 Å². The van der Waals surface area contributed by atoms with Gasteiger partial charge in [-0.15, -0.1) is 0 Å². The Bertz CT molecular complexity index is 467. The molecule has 0 saturated carbocycles. The molecule has 3 amide bonds. The van der Waals surface area contributed by atoms with E-state index in [0.29, 0.717) is 19.8 Å². The van der Waals surface area contributed by atoms with E-state index in [-0.39, 0.29) is 6.61 Å². The predicted molar refractivity (Wildman–Crippen MR) is 123 cm³/mol. The third-order valence-electron chi connectivity index (χ3n) is 5.88. The van der Waals surface area contributed by atoms with Crippen molar-refractivity contribution in [3.8, 4) is 0 Å². The van der Waals surface area contributed by atoms with Crippen LogP contribution in [0.4, 0.5) is 9.59 Å². The van der Waals surface area contributed by atoms with E-state index in [9.17, 15) is 9.59 Å². The van der Waals surface area contributed by atoms with E-state index >= 15 is 0 Å². The minimum Gasteiger partial charge on any atom is -0.446 e. The van der Waals surface area contributed by atoms with Gasteiger partial charge in [-0.05, 0) is 19.3 Å². The summed E-state index contributed by atoms with van der Waals surface area (Å²) >= 11 is 0. The van der Waals surface area contributed by atoms with Crippen LogP contribution in [0.2, 0.25) is 0 Å². The first-order valence-corrected chi connectivity index (χ1v) is 12.5. The van der Waals surface area contributed by atoms with Gasteiger partial charge in [-0.3, -0.25) is 0 Å². The van der Waals surface area contributed by atoms with Crippen molar-refractivity contribution in [2.75, 3.05) is 26.4 Å². The van der Waals surface area contributed by atoms with E-state index in [1.807, 2.05) is 5.32 Å². The largest absolute Gasteiger partial charge is 0.446 e. The van der Waals surface area contributed by atoms with Crippen LogP contribution < -0.4 is 11.1 Å². The molecule has 1 aliphatic rings. The second-order valence-corrected chi connectivity index (χ2v) is 8.85. The highest BCUT2D eigenvalue weighted by atomic mass is 16.6. The van der Waals surface area contributed by atoms with Crippen LogP contribution in [0.3, 0.4) is 0 Å². The van der Waals surface area contributed by atoms with Gasteiger partial charge in [-0.2, -0.15) is 0 Å². The van der Waals surface area contributed by atoms with E-state index in [4.69, 9.17) is 19.9 Å². The summed E-state index contributed by atoms with van der Waals surface area (Å²) in [6, 6.07) is -0.930. The van der Waals surface area contributed by atoms with Crippen LogP contribution in [0, 0.1) is 0 Å². The van der Waals surface area contributed by atoms with E-state index < -0.39 is 17.7 Å². The van der Waals surface area contributed by atoms with Gasteiger partial charge in [0.25, 0.3) is 0 Å². The van der Waals surface area contributed by atoms with Gasteiger partial charge in [0.2, 0.25) is 0 Å². The Balaban J connectivity index is 1.93. The standard InChI is InChI=1S/C24H46N2O5/c1-2-3-4-5-6-7-8-9-10-11-12-13-14-15-18-29-20-24(17-16-19-31-24)21-30-23(28)26-22(25)27/h2-21H2,1H3,(H3,25,26,27,28). The average molecular weight is 443 g/mol. The summed E-state index contributed by atoms with van der Waals surface area (Å²) in [6.45, 7) is 4.05. The first-order valence-electron chi connectivity index (χ1n) is 12.5. The number of unbranched alkanes of at least 4 members (excludes halogenated alkanes) is 13. The summed E-state index contributed by atoms with van der Waals surface area (Å²) in [5.41, 5.74) is 4.30. The zero-order valence-electron chi connectivity index (χ0n) is 19.8. The van der Waals surface area contributed by atoms with Gasteiger partial charge in [0.15, 0.2) is 0 Å². The second kappa shape index (κ2) is 18.3. The Kier molecular flexibility index (Phi) is 16.3. The average Bonchev–Trinajstić information content (AvgIpc) is 3.21. The molecular weight excluding hydrogens is 396 g/mol. The molecule has 7 heteroatoms. The molecule has 1 heterocycles. The van der Waals surface area contributed by atoms with Crippen LogP contribution in [-0.4, -0.2) is 44.2 Å². The second-order valence-electron chi connectivity index (χ2n) is 8.85. The van der Waals surface area contributed by atoms with Gasteiger partial charge >= 0.3 is 12.1 Å². The third-order valence-corrected chi connectivity index (χ3v) is 5.88. The zero-order chi connectivity index (χ0) is 22.6. The molecule has 0 aromatic carbocycles. The van der Waals surface area contributed by atoms with Gasteiger partial charge in [0.1, 0.15) is 12.2 Å². The van der Waals surface area contributed by atoms with Crippen LogP contribution in [0.15, 0.2) is 0 Å². The summed E-state index contributed by atoms with van der Waals surface area (Å²) in [5.74, 6) is 0. The Morgan fingerprint density at radius 2 is 1.42 bits per heavy atom. The molecule has 1 fully saturated rings. The van der Waals surface area contributed by atoms with Crippen LogP contribution in [0.1, 0.15) is 110 Å². The van der Waals surface area contributed by atoms with Crippen molar-refractivity contribution in [1.29, 1.82) is 0 Å². The number of rotatable bonds is 19. The zero-order valence-corrected chi connectivity index (χ0v) is 19.8. The highest BCUT2D eigenvalue weighted by Crippen LogP contribution is 2.26. The lowest BCUT2D eigenvalue weighted by molar-refractivity contribution is -0.0931. The van der Waals surface area contributed by atoms with E-state index in [0.717, 1.165) is 19.3 Å². The third kappa shape index (κ3) is 15.2. The summed E-state index contributed by atoms with van der Waals surface area (Å²) in [6.07, 6.45) is 19.5. The molecule has 3 N–H and O–H groups in total. The minimum absolute atomic E-state index is 0.0604. The number of ether oxygens (including phenoxy) is 3. The summed E-state index contributed by atoms with van der Waals surface area (Å²) < 4.78 is 16.7. The fraction of sp³-hybridized carbons (Fsp3) is 0.917. The number of nitrogens with two attached hydrogens (primary N) is 1. The van der Waals surface area contributed by atoms with Crippen LogP contribution in [-0.2, 0) is 14.2 Å². The summed E-state index contributed by atoms with van der Waals surface area (Å²) in [7, 11) is 0. The number of alkyl carbamates (subject to hydrolysis) is 1. The first-order chi connectivity index (χ1) is 15.1. The number of imide groups is 1. The van der Waals surface area contributed by atoms with E-state index in [2.05, 4.69) is 6.92 Å². The predicted octanol–water partition coefficient (Wildman–Crippen LogP) is 5.84. The summed E-state index contributed by atoms with van der Waals surface area (Å²) in [5, 5.41) is 1.89. The molecule has 0 bridgehead atoms. The lowest BCUT2D eigenvalue weighted by Crippen LogP contribution is -2.43. The molecular formula is C24H46N2O5. The Labute approximate surface area is 189 Å². The minimum atomic E-state index is -0.930. The highest BCUT2D eigenvalue weighted by molar-refractivity contribution is 5.89. The molecule has 0 aromatic heterocycles. The molecule has 1 rings (SSSR count). The number of urea groups is 1. The number of carbonyl (C=O) groups excluding carboxylic acids is 2. The number of primary amides is 1. The topological polar surface area (TPSA) is 99.9 Å². The van der Waals surface area contributed by atoms with Gasteiger partial charge in [0.05, 0.1) is 6.61 Å². The fourth-order valence-electron chi connectivity index (χ4n) is 4.02. The quantitative estimate of drug-likeness (QED) is 0.245. The van der Waals surface area contributed by atoms with Crippen molar-refractivity contribution in [1.82, 2.24) is 5.32 Å². The van der Waals surface area contributed by atoms with Crippen molar-refractivity contribution in [2.24, 2.45) is 5.73 Å². The first kappa shape index (κ1) is 27.7. The maximum absolute atomic E-state index is 11.4. The fourth-order valence-corrected chi connectivity index (χ4v) is 4.02. The summed E-state index contributed by atoms with van der Waals surface area (Å²) in [4.78, 5) is 22.1. The maximum atomic E-state index is 11.4. The lowest BCUT2D eigenvalue weighted by Gasteiger charge is -2.27. The van der Waals surface area contributed by atoms with Crippen LogP contribution >= 0.6 is 0 Å². The highest BCUT2D eigenvalue weighted by Gasteiger charge is 2.37. The van der Waals surface area contributed by atoms with Crippen LogP contribution in [0.25, 0.3) is 0 Å². The SMILES string of the molecule is CCCCCCCCCCCCCCCCOCC1(COC(=O)NC(N)=O)CCCO1. The molecule has 182 valence electrons. The molecule has 1 unspecified atom stereocenters. The monoisotopic (exact) mass is 442 g/mol. The van der Waals surface area contributed by atoms with Crippen molar-refractivity contribution >= 4 is 12.1 Å². The van der Waals surface area contributed by atoms with E-state index in [1.54, 1.807) is 0 Å². The maximum Gasteiger partial charge on any atom is 0.415 e. The molecule has 0 spiro atoms. The Hall–Kier alpha value is -1.34. The number of carbonyl (C=O) groups is 2. The van der Waals surface area contributed by atoms with Crippen LogP contribution in [0.5, 0.6) is 0 Å². The molecule has 7 nitrogen and oxygen atoms in total. The number of amides is 3. The smallest absolute Gasteiger partial charge is 0.415 e. The Morgan fingerprint density at radius 1 is 0.871 bits per heavy atom. The van der Waals surface area contributed by atoms with Crippen molar-refractivity contribution in [2.45, 2.75) is 115 Å².